The van der Waals surface area contributed by atoms with Gasteiger partial charge in [0.1, 0.15) is 6.10 Å². The van der Waals surface area contributed by atoms with Gasteiger partial charge in [-0.15, -0.1) is 0 Å². The van der Waals surface area contributed by atoms with Crippen LogP contribution in [0.5, 0.6) is 0 Å². The normalized spacial score (nSPS) is 12.1. The molecule has 0 heterocycles. The van der Waals surface area contributed by atoms with Gasteiger partial charge in [-0.1, -0.05) is 19.3 Å². The molecule has 1 atom stereocenters. The molecule has 0 fully saturated rings. The smallest absolute Gasteiger partial charge is 0.306 e. The van der Waals surface area contributed by atoms with Gasteiger partial charge in [0, 0.05) is 12.8 Å². The summed E-state index contributed by atoms with van der Waals surface area (Å²) in [6.45, 7) is 1.49. The molecule has 0 aliphatic rings. The van der Waals surface area contributed by atoms with Crippen LogP contribution < -0.4 is 0 Å². The minimum Gasteiger partial charge on any atom is -0.481 e. The lowest BCUT2D eigenvalue weighted by molar-refractivity contribution is -0.150. The highest BCUT2D eigenvalue weighted by molar-refractivity contribution is 5.69. The fourth-order valence-corrected chi connectivity index (χ4v) is 1.40. The van der Waals surface area contributed by atoms with E-state index in [-0.39, 0.29) is 19.0 Å². The number of carboxylic acids is 1. The third-order valence-corrected chi connectivity index (χ3v) is 2.36. The van der Waals surface area contributed by atoms with E-state index < -0.39 is 12.1 Å². The fourth-order valence-electron chi connectivity index (χ4n) is 1.40. The molecule has 0 saturated carbocycles. The first-order chi connectivity index (χ1) is 8.06. The van der Waals surface area contributed by atoms with Crippen LogP contribution >= 0.6 is 0 Å². The third kappa shape index (κ3) is 11.2. The molecule has 5 heteroatoms. The lowest BCUT2D eigenvalue weighted by Gasteiger charge is -2.09. The average Bonchev–Trinajstić information content (AvgIpc) is 2.27. The van der Waals surface area contributed by atoms with Crippen LogP contribution in [0, 0.1) is 0 Å². The van der Waals surface area contributed by atoms with Crippen LogP contribution in [0.15, 0.2) is 0 Å². The monoisotopic (exact) mass is 246 g/mol. The summed E-state index contributed by atoms with van der Waals surface area (Å²) in [7, 11) is 0. The molecule has 0 radical (unpaired) electrons. The molecule has 0 spiro atoms. The van der Waals surface area contributed by atoms with Crippen molar-refractivity contribution in [2.45, 2.75) is 58.0 Å². The number of carbonyl (C=O) groups is 2. The summed E-state index contributed by atoms with van der Waals surface area (Å²) >= 11 is 0. The van der Waals surface area contributed by atoms with Crippen LogP contribution in [0.25, 0.3) is 0 Å². The number of esters is 1. The summed E-state index contributed by atoms with van der Waals surface area (Å²) in [5.41, 5.74) is 0. The van der Waals surface area contributed by atoms with Gasteiger partial charge in [-0.05, 0) is 19.8 Å². The number of carbonyl (C=O) groups excluding carboxylic acids is 1. The molecule has 2 N–H and O–H groups in total. The van der Waals surface area contributed by atoms with Gasteiger partial charge in [0.2, 0.25) is 0 Å². The Hall–Kier alpha value is -1.10. The highest BCUT2D eigenvalue weighted by Crippen LogP contribution is 2.08. The Labute approximate surface area is 102 Å². The SMILES string of the molecule is CC(CO)OC(=O)CCCCCCCC(=O)O. The highest BCUT2D eigenvalue weighted by Gasteiger charge is 2.07. The average molecular weight is 246 g/mol. The van der Waals surface area contributed by atoms with Crippen molar-refractivity contribution in [3.05, 3.63) is 0 Å². The Bertz CT molecular complexity index is 227. The van der Waals surface area contributed by atoms with E-state index in [9.17, 15) is 9.59 Å². The number of rotatable bonds is 10. The van der Waals surface area contributed by atoms with Crippen LogP contribution in [0.3, 0.4) is 0 Å². The van der Waals surface area contributed by atoms with E-state index in [2.05, 4.69) is 0 Å². The van der Waals surface area contributed by atoms with Gasteiger partial charge in [-0.25, -0.2) is 0 Å². The van der Waals surface area contributed by atoms with Crippen LogP contribution in [-0.4, -0.2) is 34.9 Å². The van der Waals surface area contributed by atoms with Crippen molar-refractivity contribution in [3.63, 3.8) is 0 Å². The summed E-state index contributed by atoms with van der Waals surface area (Å²) in [6.07, 6.45) is 4.33. The fraction of sp³-hybridized carbons (Fsp3) is 0.833. The Morgan fingerprint density at radius 1 is 1.06 bits per heavy atom. The third-order valence-electron chi connectivity index (χ3n) is 2.36. The zero-order valence-electron chi connectivity index (χ0n) is 10.4. The Morgan fingerprint density at radius 2 is 1.59 bits per heavy atom. The number of ether oxygens (including phenoxy) is 1. The van der Waals surface area contributed by atoms with Crippen molar-refractivity contribution in [1.29, 1.82) is 0 Å². The minimum absolute atomic E-state index is 0.152. The van der Waals surface area contributed by atoms with Gasteiger partial charge >= 0.3 is 11.9 Å². The molecule has 0 aromatic heterocycles. The van der Waals surface area contributed by atoms with E-state index in [1.54, 1.807) is 6.92 Å². The number of unbranched alkanes of at least 4 members (excludes halogenated alkanes) is 4. The number of aliphatic hydroxyl groups is 1. The molecule has 0 rings (SSSR count). The lowest BCUT2D eigenvalue weighted by atomic mass is 10.1. The van der Waals surface area contributed by atoms with E-state index in [0.29, 0.717) is 12.8 Å². The second-order valence-corrected chi connectivity index (χ2v) is 4.14. The quantitative estimate of drug-likeness (QED) is 0.453. The standard InChI is InChI=1S/C12H22O5/c1-10(9-13)17-12(16)8-6-4-2-3-5-7-11(14)15/h10,13H,2-9H2,1H3,(H,14,15). The molecule has 0 saturated heterocycles. The van der Waals surface area contributed by atoms with E-state index >= 15 is 0 Å². The maximum Gasteiger partial charge on any atom is 0.306 e. The molecule has 0 amide bonds. The molecular weight excluding hydrogens is 224 g/mol. The summed E-state index contributed by atoms with van der Waals surface area (Å²) in [5.74, 6) is -1.04. The van der Waals surface area contributed by atoms with Crippen molar-refractivity contribution in [2.24, 2.45) is 0 Å². The van der Waals surface area contributed by atoms with Crippen LogP contribution in [-0.2, 0) is 14.3 Å². The summed E-state index contributed by atoms with van der Waals surface area (Å²) < 4.78 is 4.89. The second kappa shape index (κ2) is 10.1. The Morgan fingerprint density at radius 3 is 2.12 bits per heavy atom. The molecule has 17 heavy (non-hydrogen) atoms. The number of carboxylic acid groups (broad SMARTS) is 1. The van der Waals surface area contributed by atoms with Gasteiger partial charge in [0.05, 0.1) is 6.61 Å². The van der Waals surface area contributed by atoms with Crippen molar-refractivity contribution < 1.29 is 24.5 Å². The lowest BCUT2D eigenvalue weighted by Crippen LogP contribution is -2.18. The predicted molar refractivity (Wildman–Crippen MR) is 62.6 cm³/mol. The number of hydrogen-bond donors (Lipinski definition) is 2. The van der Waals surface area contributed by atoms with Gasteiger partial charge in [0.15, 0.2) is 0 Å². The van der Waals surface area contributed by atoms with E-state index in [1.807, 2.05) is 0 Å². The first-order valence-electron chi connectivity index (χ1n) is 6.08. The highest BCUT2D eigenvalue weighted by atomic mass is 16.5. The van der Waals surface area contributed by atoms with Gasteiger partial charge in [0.25, 0.3) is 0 Å². The zero-order chi connectivity index (χ0) is 13.1. The van der Waals surface area contributed by atoms with Gasteiger partial charge < -0.3 is 14.9 Å². The zero-order valence-corrected chi connectivity index (χ0v) is 10.4. The topological polar surface area (TPSA) is 83.8 Å². The maximum absolute atomic E-state index is 11.2. The molecule has 0 bridgehead atoms. The maximum atomic E-state index is 11.2. The molecule has 5 nitrogen and oxygen atoms in total. The molecule has 100 valence electrons. The molecule has 0 aromatic carbocycles. The van der Waals surface area contributed by atoms with Crippen molar-refractivity contribution in [3.8, 4) is 0 Å². The molecule has 0 aromatic rings. The molecule has 0 aliphatic carbocycles. The van der Waals surface area contributed by atoms with E-state index in [4.69, 9.17) is 14.9 Å². The second-order valence-electron chi connectivity index (χ2n) is 4.14. The number of aliphatic carboxylic acids is 1. The summed E-state index contributed by atoms with van der Waals surface area (Å²) in [4.78, 5) is 21.4. The molecular formula is C12H22O5. The van der Waals surface area contributed by atoms with Crippen LogP contribution in [0.2, 0.25) is 0 Å². The Balaban J connectivity index is 3.27. The predicted octanol–water partition coefficient (Wildman–Crippen LogP) is 1.73. The van der Waals surface area contributed by atoms with Crippen molar-refractivity contribution in [2.75, 3.05) is 6.61 Å². The van der Waals surface area contributed by atoms with Crippen LogP contribution in [0.1, 0.15) is 51.9 Å². The van der Waals surface area contributed by atoms with Crippen molar-refractivity contribution in [1.82, 2.24) is 0 Å². The van der Waals surface area contributed by atoms with Crippen LogP contribution in [0.4, 0.5) is 0 Å². The first-order valence-corrected chi connectivity index (χ1v) is 6.08. The van der Waals surface area contributed by atoms with E-state index in [1.165, 1.54) is 0 Å². The molecule has 0 aliphatic heterocycles. The summed E-state index contributed by atoms with van der Waals surface area (Å²) in [5, 5.41) is 17.1. The Kier molecular flexibility index (Phi) is 9.43. The van der Waals surface area contributed by atoms with Gasteiger partial charge in [-0.2, -0.15) is 0 Å². The summed E-state index contributed by atoms with van der Waals surface area (Å²) in [6, 6.07) is 0. The largest absolute Gasteiger partial charge is 0.481 e. The molecule has 1 unspecified atom stereocenters. The van der Waals surface area contributed by atoms with E-state index in [0.717, 1.165) is 25.7 Å². The van der Waals surface area contributed by atoms with Gasteiger partial charge in [-0.3, -0.25) is 9.59 Å². The van der Waals surface area contributed by atoms with Crippen molar-refractivity contribution >= 4 is 11.9 Å². The first kappa shape index (κ1) is 15.9. The minimum atomic E-state index is -0.758. The number of aliphatic hydroxyl groups excluding tert-OH is 1. The number of hydrogen-bond acceptors (Lipinski definition) is 4.